The van der Waals surface area contributed by atoms with E-state index in [1.54, 1.807) is 0 Å². The number of rotatable bonds is 6. The molecule has 18 heteroatoms. The third kappa shape index (κ3) is 3.34. The molecule has 0 amide bonds. The van der Waals surface area contributed by atoms with Gasteiger partial charge in [-0.25, -0.2) is 0 Å². The largest absolute Gasteiger partial charge is 0.460 e. The highest BCUT2D eigenvalue weighted by Crippen LogP contribution is 2.63. The summed E-state index contributed by atoms with van der Waals surface area (Å²) in [5.74, 6) is -56.6. The van der Waals surface area contributed by atoms with Crippen LogP contribution in [0.4, 0.5) is 74.6 Å². The predicted molar refractivity (Wildman–Crippen MR) is 62.5 cm³/mol. The first kappa shape index (κ1) is 27.1. The summed E-state index contributed by atoms with van der Waals surface area (Å²) in [4.78, 5) is 0. The zero-order valence-electron chi connectivity index (χ0n) is 11.8. The van der Waals surface area contributed by atoms with Crippen molar-refractivity contribution in [1.82, 2.24) is 0 Å². The molecule has 28 heavy (non-hydrogen) atoms. The Hall–Kier alpha value is -0.900. The second-order valence-electron chi connectivity index (χ2n) is 4.74. The van der Waals surface area contributed by atoms with E-state index in [1.165, 1.54) is 0 Å². The lowest BCUT2D eigenvalue weighted by Gasteiger charge is -2.42. The Morgan fingerprint density at radius 3 is 0.893 bits per heavy atom. The van der Waals surface area contributed by atoms with Crippen molar-refractivity contribution in [2.24, 2.45) is 0 Å². The molecule has 0 radical (unpaired) electrons. The molecule has 0 bridgehead atoms. The third-order valence-electron chi connectivity index (χ3n) is 2.93. The number of alkyl halides is 17. The Labute approximate surface area is 155 Å². The summed E-state index contributed by atoms with van der Waals surface area (Å²) < 4.78 is 217. The first-order valence-electron chi connectivity index (χ1n) is 5.65. The molecule has 0 aliphatic heterocycles. The van der Waals surface area contributed by atoms with Crippen molar-refractivity contribution < 1.29 is 74.6 Å². The average Bonchev–Trinajstić information content (AvgIpc) is 2.44. The van der Waals surface area contributed by atoms with Crippen molar-refractivity contribution in [3.8, 4) is 9.85 Å². The molecule has 0 aromatic heterocycles. The summed E-state index contributed by atoms with van der Waals surface area (Å²) in [7, 11) is 0. The van der Waals surface area contributed by atoms with Crippen LogP contribution >= 0.6 is 22.6 Å². The molecule has 166 valence electrons. The zero-order chi connectivity index (χ0) is 23.4. The molecule has 0 spiro atoms. The summed E-state index contributed by atoms with van der Waals surface area (Å²) in [6.07, 6.45) is -7.76. The van der Waals surface area contributed by atoms with Gasteiger partial charge < -0.3 is 0 Å². The molecule has 0 aromatic rings. The first-order valence-corrected chi connectivity index (χ1v) is 6.73. The maximum atomic E-state index is 13.1. The van der Waals surface area contributed by atoms with E-state index in [-0.39, 0.29) is 5.92 Å². The van der Waals surface area contributed by atoms with Crippen LogP contribution in [0.5, 0.6) is 0 Å². The van der Waals surface area contributed by atoms with Gasteiger partial charge in [-0.05, 0) is 9.85 Å². The van der Waals surface area contributed by atoms with Crippen LogP contribution in [0.3, 0.4) is 0 Å². The van der Waals surface area contributed by atoms with E-state index >= 15 is 0 Å². The lowest BCUT2D eigenvalue weighted by molar-refractivity contribution is -0.459. The van der Waals surface area contributed by atoms with E-state index in [4.69, 9.17) is 0 Å². The summed E-state index contributed by atoms with van der Waals surface area (Å²) in [6, 6.07) is 0. The van der Waals surface area contributed by atoms with Crippen molar-refractivity contribution in [3.05, 3.63) is 0 Å². The second-order valence-corrected chi connectivity index (χ2v) is 5.28. The normalized spacial score (nSPS) is 15.9. The van der Waals surface area contributed by atoms with Crippen molar-refractivity contribution >= 4 is 22.6 Å². The molecule has 0 aromatic carbocycles. The standard InChI is InChI=1S/C10F17I/c11-3(12,1-2-28)4(13,14)5(15,16)6(17,18)7(19,20)8(21,22)9(23,24)10(25,26)27. The van der Waals surface area contributed by atoms with Crippen LogP contribution < -0.4 is 0 Å². The molecule has 0 saturated carbocycles. The monoisotopic (exact) mass is 570 g/mol. The molecule has 0 nitrogen and oxygen atoms in total. The van der Waals surface area contributed by atoms with Gasteiger partial charge in [-0.1, -0.05) is 0 Å². The molecule has 0 unspecified atom stereocenters. The fraction of sp³-hybridized carbons (Fsp3) is 0.800. The van der Waals surface area contributed by atoms with E-state index in [0.29, 0.717) is 22.6 Å². The van der Waals surface area contributed by atoms with Gasteiger partial charge in [0.25, 0.3) is 0 Å². The minimum Gasteiger partial charge on any atom is -0.192 e. The molecule has 0 fully saturated rings. The number of halogens is 18. The Kier molecular flexibility index (Phi) is 6.60. The molecule has 0 aliphatic rings. The Bertz CT molecular complexity index is 645. The maximum absolute atomic E-state index is 13.1. The molecular formula is C10F17I. The van der Waals surface area contributed by atoms with E-state index in [1.807, 2.05) is 0 Å². The van der Waals surface area contributed by atoms with Gasteiger partial charge in [0.2, 0.25) is 0 Å². The molecule has 0 heterocycles. The van der Waals surface area contributed by atoms with Gasteiger partial charge in [0.15, 0.2) is 0 Å². The summed E-state index contributed by atoms with van der Waals surface area (Å²) in [5, 5.41) is 0. The van der Waals surface area contributed by atoms with Crippen molar-refractivity contribution in [2.45, 2.75) is 47.6 Å². The molecule has 0 atom stereocenters. The summed E-state index contributed by atoms with van der Waals surface area (Å²) >= 11 is 0.451. The van der Waals surface area contributed by atoms with Crippen LogP contribution in [-0.2, 0) is 0 Å². The fourth-order valence-corrected chi connectivity index (χ4v) is 1.64. The quantitative estimate of drug-likeness (QED) is 0.198. The van der Waals surface area contributed by atoms with Crippen molar-refractivity contribution in [2.75, 3.05) is 0 Å². The van der Waals surface area contributed by atoms with E-state index in [9.17, 15) is 74.6 Å². The van der Waals surface area contributed by atoms with Gasteiger partial charge in [0.05, 0.1) is 0 Å². The van der Waals surface area contributed by atoms with Crippen molar-refractivity contribution in [1.29, 1.82) is 0 Å². The molecule has 0 aliphatic carbocycles. The highest BCUT2D eigenvalue weighted by molar-refractivity contribution is 14.1. The topological polar surface area (TPSA) is 0 Å². The average molecular weight is 570 g/mol. The minimum atomic E-state index is -8.61. The van der Waals surface area contributed by atoms with E-state index < -0.39 is 47.6 Å². The van der Waals surface area contributed by atoms with Crippen LogP contribution in [0, 0.1) is 9.85 Å². The van der Waals surface area contributed by atoms with Crippen LogP contribution in [0.2, 0.25) is 0 Å². The van der Waals surface area contributed by atoms with Gasteiger partial charge >= 0.3 is 47.6 Å². The summed E-state index contributed by atoms with van der Waals surface area (Å²) in [6.45, 7) is 0. The van der Waals surface area contributed by atoms with E-state index in [0.717, 1.165) is 3.93 Å². The SMILES string of the molecule is FC(F)(F)C(F)(F)C(F)(F)C(F)(F)C(F)(F)C(F)(F)C(F)(F)C(F)(F)C#CI. The second kappa shape index (κ2) is 6.82. The van der Waals surface area contributed by atoms with Gasteiger partial charge in [0, 0.05) is 22.6 Å². The maximum Gasteiger partial charge on any atom is 0.460 e. The van der Waals surface area contributed by atoms with Gasteiger partial charge in [-0.2, -0.15) is 74.6 Å². The smallest absolute Gasteiger partial charge is 0.192 e. The van der Waals surface area contributed by atoms with Gasteiger partial charge in [-0.15, -0.1) is 0 Å². The number of hydrogen-bond acceptors (Lipinski definition) is 0. The Morgan fingerprint density at radius 2 is 0.643 bits per heavy atom. The third-order valence-corrected chi connectivity index (χ3v) is 3.20. The predicted octanol–water partition coefficient (Wildman–Crippen LogP) is 6.39. The van der Waals surface area contributed by atoms with Crippen LogP contribution in [0.25, 0.3) is 0 Å². The van der Waals surface area contributed by atoms with Crippen molar-refractivity contribution in [3.63, 3.8) is 0 Å². The highest BCUT2D eigenvalue weighted by Gasteiger charge is 2.95. The summed E-state index contributed by atoms with van der Waals surface area (Å²) in [5.41, 5.74) is 0. The van der Waals surface area contributed by atoms with E-state index in [2.05, 4.69) is 0 Å². The van der Waals surface area contributed by atoms with Crippen LogP contribution in [0.1, 0.15) is 0 Å². The number of hydrogen-bond donors (Lipinski definition) is 0. The van der Waals surface area contributed by atoms with Gasteiger partial charge in [-0.3, -0.25) is 0 Å². The molecular weight excluding hydrogens is 570 g/mol. The lowest BCUT2D eigenvalue weighted by atomic mass is 9.89. The van der Waals surface area contributed by atoms with Crippen LogP contribution in [-0.4, -0.2) is 47.6 Å². The molecule has 0 rings (SSSR count). The molecule has 0 saturated heterocycles. The first-order chi connectivity index (χ1) is 11.8. The lowest BCUT2D eigenvalue weighted by Crippen LogP contribution is -2.74. The highest BCUT2D eigenvalue weighted by atomic mass is 127. The molecule has 0 N–H and O–H groups in total. The fourth-order valence-electron chi connectivity index (χ4n) is 1.30. The van der Waals surface area contributed by atoms with Crippen LogP contribution in [0.15, 0.2) is 0 Å². The van der Waals surface area contributed by atoms with Gasteiger partial charge in [0.1, 0.15) is 0 Å². The zero-order valence-corrected chi connectivity index (χ0v) is 14.0. The minimum absolute atomic E-state index is 0.136. The Balaban J connectivity index is 6.75. The Morgan fingerprint density at radius 1 is 0.393 bits per heavy atom.